The Labute approximate surface area is 159 Å². The fraction of sp³-hybridized carbons (Fsp3) is 0.150. The monoisotopic (exact) mass is 443 g/mol. The maximum Gasteiger partial charge on any atom is 0.160 e. The van der Waals surface area contributed by atoms with Gasteiger partial charge in [-0.05, 0) is 47.2 Å². The van der Waals surface area contributed by atoms with Crippen LogP contribution in [0.5, 0.6) is 5.75 Å². The molecule has 1 aromatic heterocycles. The predicted octanol–water partition coefficient (Wildman–Crippen LogP) is 4.53. The second-order valence-electron chi connectivity index (χ2n) is 5.95. The zero-order valence-corrected chi connectivity index (χ0v) is 15.7. The van der Waals surface area contributed by atoms with Crippen molar-refractivity contribution in [2.24, 2.45) is 5.73 Å². The van der Waals surface area contributed by atoms with Crippen molar-refractivity contribution in [2.45, 2.75) is 12.5 Å². The molecule has 1 unspecified atom stereocenters. The van der Waals surface area contributed by atoms with E-state index in [1.807, 2.05) is 30.3 Å². The van der Waals surface area contributed by atoms with Gasteiger partial charge in [0, 0.05) is 10.8 Å². The Morgan fingerprint density at radius 1 is 1.32 bits per heavy atom. The molecule has 2 heterocycles. The van der Waals surface area contributed by atoms with Gasteiger partial charge in [-0.3, -0.25) is 0 Å². The Morgan fingerprint density at radius 2 is 2.20 bits per heavy atom. The highest BCUT2D eigenvalue weighted by Gasteiger charge is 2.26. The number of ether oxygens (including phenoxy) is 1. The first-order valence-electron chi connectivity index (χ1n) is 8.17. The largest absolute Gasteiger partial charge is 0.482 e. The van der Waals surface area contributed by atoms with Crippen LogP contribution in [0.25, 0.3) is 16.6 Å². The van der Waals surface area contributed by atoms with E-state index in [9.17, 15) is 0 Å². The molecule has 1 aliphatic rings. The van der Waals surface area contributed by atoms with Crippen LogP contribution in [0, 0.1) is 0 Å². The molecule has 126 valence electrons. The SMILES string of the molecule is N/C=C\C(=C/CI)c1ccc2nc(C3Cc4ccccc4O3)[nH]c2c1. The highest BCUT2D eigenvalue weighted by Crippen LogP contribution is 2.36. The number of aromatic amines is 1. The van der Waals surface area contributed by atoms with Crippen LogP contribution < -0.4 is 10.5 Å². The minimum Gasteiger partial charge on any atom is -0.482 e. The van der Waals surface area contributed by atoms with Gasteiger partial charge in [0.25, 0.3) is 0 Å². The molecule has 4 nitrogen and oxygen atoms in total. The Bertz CT molecular complexity index is 949. The number of alkyl halides is 1. The number of imidazole rings is 1. The number of allylic oxidation sites excluding steroid dienone is 3. The van der Waals surface area contributed by atoms with E-state index in [0.29, 0.717) is 0 Å². The third-order valence-electron chi connectivity index (χ3n) is 4.36. The molecule has 2 aromatic carbocycles. The molecule has 5 heteroatoms. The molecule has 0 amide bonds. The number of para-hydroxylation sites is 1. The zero-order valence-electron chi connectivity index (χ0n) is 13.6. The summed E-state index contributed by atoms with van der Waals surface area (Å²) in [5.41, 5.74) is 11.0. The van der Waals surface area contributed by atoms with E-state index in [1.165, 1.54) is 5.56 Å². The van der Waals surface area contributed by atoms with Gasteiger partial charge in [-0.15, -0.1) is 0 Å². The molecular weight excluding hydrogens is 425 g/mol. The van der Waals surface area contributed by atoms with Gasteiger partial charge in [0.1, 0.15) is 11.6 Å². The number of hydrogen-bond acceptors (Lipinski definition) is 3. The molecule has 0 aliphatic carbocycles. The van der Waals surface area contributed by atoms with Crippen LogP contribution in [-0.2, 0) is 6.42 Å². The van der Waals surface area contributed by atoms with Crippen molar-refractivity contribution >= 4 is 39.2 Å². The summed E-state index contributed by atoms with van der Waals surface area (Å²) in [7, 11) is 0. The van der Waals surface area contributed by atoms with Crippen molar-refractivity contribution in [3.05, 3.63) is 77.8 Å². The van der Waals surface area contributed by atoms with Crippen LogP contribution in [0.2, 0.25) is 0 Å². The number of aromatic nitrogens is 2. The number of benzene rings is 2. The van der Waals surface area contributed by atoms with E-state index >= 15 is 0 Å². The molecule has 0 saturated carbocycles. The molecule has 0 radical (unpaired) electrons. The number of hydrogen-bond donors (Lipinski definition) is 2. The zero-order chi connectivity index (χ0) is 17.2. The van der Waals surface area contributed by atoms with Crippen molar-refractivity contribution in [1.29, 1.82) is 0 Å². The van der Waals surface area contributed by atoms with Gasteiger partial charge in [-0.2, -0.15) is 0 Å². The van der Waals surface area contributed by atoms with Gasteiger partial charge >= 0.3 is 0 Å². The third-order valence-corrected chi connectivity index (χ3v) is 4.80. The number of halogens is 1. The lowest BCUT2D eigenvalue weighted by Gasteiger charge is -2.06. The van der Waals surface area contributed by atoms with Crippen LogP contribution in [0.4, 0.5) is 0 Å². The summed E-state index contributed by atoms with van der Waals surface area (Å²) in [6.45, 7) is 0. The summed E-state index contributed by atoms with van der Waals surface area (Å²) in [5, 5.41) is 0. The minimum atomic E-state index is -0.0541. The quantitative estimate of drug-likeness (QED) is 0.354. The highest BCUT2D eigenvalue weighted by atomic mass is 127. The second-order valence-corrected chi connectivity index (χ2v) is 6.83. The summed E-state index contributed by atoms with van der Waals surface area (Å²) >= 11 is 2.33. The molecule has 25 heavy (non-hydrogen) atoms. The molecule has 0 saturated heterocycles. The van der Waals surface area contributed by atoms with Crippen molar-refractivity contribution in [3.63, 3.8) is 0 Å². The summed E-state index contributed by atoms with van der Waals surface area (Å²) in [6.07, 6.45) is 6.44. The highest BCUT2D eigenvalue weighted by molar-refractivity contribution is 14.1. The average molecular weight is 443 g/mol. The fourth-order valence-corrected chi connectivity index (χ4v) is 3.64. The minimum absolute atomic E-state index is 0.0541. The van der Waals surface area contributed by atoms with Gasteiger partial charge in [-0.25, -0.2) is 4.98 Å². The Balaban J connectivity index is 1.66. The van der Waals surface area contributed by atoms with Gasteiger partial charge in [0.15, 0.2) is 6.10 Å². The first-order valence-corrected chi connectivity index (χ1v) is 9.70. The molecule has 0 spiro atoms. The normalized spacial score (nSPS) is 17.2. The van der Waals surface area contributed by atoms with Crippen LogP contribution in [0.15, 0.2) is 60.8 Å². The summed E-state index contributed by atoms with van der Waals surface area (Å²) < 4.78 is 6.97. The van der Waals surface area contributed by atoms with Crippen LogP contribution in [-0.4, -0.2) is 14.4 Å². The van der Waals surface area contributed by atoms with Crippen molar-refractivity contribution in [2.75, 3.05) is 4.43 Å². The number of nitrogens with two attached hydrogens (primary N) is 1. The topological polar surface area (TPSA) is 63.9 Å². The lowest BCUT2D eigenvalue weighted by atomic mass is 10.1. The van der Waals surface area contributed by atoms with Crippen molar-refractivity contribution in [1.82, 2.24) is 9.97 Å². The lowest BCUT2D eigenvalue weighted by Crippen LogP contribution is -2.05. The molecule has 3 aromatic rings. The number of nitrogens with zero attached hydrogens (tertiary/aromatic N) is 1. The van der Waals surface area contributed by atoms with Crippen LogP contribution in [0.3, 0.4) is 0 Å². The molecule has 4 rings (SSSR count). The van der Waals surface area contributed by atoms with Gasteiger partial charge in [0.2, 0.25) is 0 Å². The van der Waals surface area contributed by atoms with E-state index in [1.54, 1.807) is 6.20 Å². The molecule has 1 aliphatic heterocycles. The first kappa shape index (κ1) is 16.2. The Hall–Kier alpha value is -2.28. The van der Waals surface area contributed by atoms with Crippen molar-refractivity contribution < 1.29 is 4.74 Å². The van der Waals surface area contributed by atoms with E-state index in [2.05, 4.69) is 51.8 Å². The number of H-pyrrole nitrogens is 1. The fourth-order valence-electron chi connectivity index (χ4n) is 3.16. The Morgan fingerprint density at radius 3 is 3.00 bits per heavy atom. The number of rotatable bonds is 4. The van der Waals surface area contributed by atoms with E-state index < -0.39 is 0 Å². The summed E-state index contributed by atoms with van der Waals surface area (Å²) in [4.78, 5) is 8.16. The van der Waals surface area contributed by atoms with Gasteiger partial charge < -0.3 is 15.5 Å². The predicted molar refractivity (Wildman–Crippen MR) is 110 cm³/mol. The second kappa shape index (κ2) is 6.92. The summed E-state index contributed by atoms with van der Waals surface area (Å²) in [5.74, 6) is 1.83. The smallest absolute Gasteiger partial charge is 0.160 e. The average Bonchev–Trinajstić information content (AvgIpc) is 3.24. The first-order chi connectivity index (χ1) is 12.3. The van der Waals surface area contributed by atoms with E-state index in [-0.39, 0.29) is 6.10 Å². The van der Waals surface area contributed by atoms with Crippen molar-refractivity contribution in [3.8, 4) is 5.75 Å². The molecule has 1 atom stereocenters. The molecule has 3 N–H and O–H groups in total. The summed E-state index contributed by atoms with van der Waals surface area (Å²) in [6, 6.07) is 14.4. The van der Waals surface area contributed by atoms with Crippen LogP contribution in [0.1, 0.15) is 23.1 Å². The Kier molecular flexibility index (Phi) is 4.48. The van der Waals surface area contributed by atoms with E-state index in [4.69, 9.17) is 15.5 Å². The number of fused-ring (bicyclic) bond motifs is 2. The maximum absolute atomic E-state index is 6.04. The van der Waals surface area contributed by atoms with Gasteiger partial charge in [0.05, 0.1) is 11.0 Å². The molecule has 0 bridgehead atoms. The van der Waals surface area contributed by atoms with Crippen LogP contribution >= 0.6 is 22.6 Å². The maximum atomic E-state index is 6.04. The lowest BCUT2D eigenvalue weighted by molar-refractivity contribution is 0.229. The number of nitrogens with one attached hydrogen (secondary N) is 1. The van der Waals surface area contributed by atoms with Gasteiger partial charge in [-0.1, -0.05) is 52.9 Å². The molecular formula is C20H18IN3O. The van der Waals surface area contributed by atoms with E-state index in [0.717, 1.165) is 44.6 Å². The third kappa shape index (κ3) is 3.16. The molecule has 0 fully saturated rings. The standard InChI is InChI=1S/C20H18IN3O/c21-9-7-13(8-10-22)14-5-6-16-17(11-14)24-20(23-16)19-12-15-3-1-2-4-18(15)25-19/h1-8,10-11,19H,9,12,22H2,(H,23,24)/b10-8-,13-7+.